The van der Waals surface area contributed by atoms with Crippen LogP contribution in [-0.2, 0) is 0 Å². The van der Waals surface area contributed by atoms with E-state index >= 15 is 0 Å². The minimum atomic E-state index is 0.383. The molecule has 0 bridgehead atoms. The summed E-state index contributed by atoms with van der Waals surface area (Å²) in [5.74, 6) is 0. The van der Waals surface area contributed by atoms with Crippen LogP contribution in [0.4, 0.5) is 0 Å². The van der Waals surface area contributed by atoms with Gasteiger partial charge in [-0.2, -0.15) is 0 Å². The van der Waals surface area contributed by atoms with Crippen molar-refractivity contribution in [1.82, 2.24) is 9.80 Å². The Labute approximate surface area is 94.6 Å². The van der Waals surface area contributed by atoms with Crippen molar-refractivity contribution in [2.45, 2.75) is 44.7 Å². The van der Waals surface area contributed by atoms with Crippen molar-refractivity contribution in [2.24, 2.45) is 5.73 Å². The number of likely N-dealkylation sites (tertiary alicyclic amines) is 1. The predicted molar refractivity (Wildman–Crippen MR) is 66.0 cm³/mol. The second kappa shape index (κ2) is 6.46. The molecule has 0 saturated carbocycles. The highest BCUT2D eigenvalue weighted by atomic mass is 15.2. The van der Waals surface area contributed by atoms with Crippen LogP contribution in [0.25, 0.3) is 0 Å². The number of nitrogens with zero attached hydrogens (tertiary/aromatic N) is 2. The molecule has 3 heteroatoms. The molecule has 2 atom stereocenters. The first-order valence-corrected chi connectivity index (χ1v) is 6.27. The maximum Gasteiger partial charge on any atom is 0.0220 e. The molecule has 0 amide bonds. The lowest BCUT2D eigenvalue weighted by Crippen LogP contribution is -2.38. The molecular formula is C12H27N3. The Kier molecular flexibility index (Phi) is 5.58. The average Bonchev–Trinajstić information content (AvgIpc) is 2.61. The molecule has 0 aromatic carbocycles. The van der Waals surface area contributed by atoms with Crippen molar-refractivity contribution in [3.05, 3.63) is 0 Å². The lowest BCUT2D eigenvalue weighted by Gasteiger charge is -2.26. The largest absolute Gasteiger partial charge is 0.328 e. The Bertz CT molecular complexity index is 172. The van der Waals surface area contributed by atoms with Crippen LogP contribution in [0, 0.1) is 0 Å². The summed E-state index contributed by atoms with van der Waals surface area (Å²) in [6.07, 6.45) is 4.95. The van der Waals surface area contributed by atoms with Gasteiger partial charge in [0.15, 0.2) is 0 Å². The summed E-state index contributed by atoms with van der Waals surface area (Å²) in [4.78, 5) is 4.91. The lowest BCUT2D eigenvalue weighted by atomic mass is 10.1. The van der Waals surface area contributed by atoms with Gasteiger partial charge in [0, 0.05) is 18.6 Å². The number of hydrogen-bond donors (Lipinski definition) is 1. The second-order valence-electron chi connectivity index (χ2n) is 5.00. The van der Waals surface area contributed by atoms with Crippen molar-refractivity contribution in [1.29, 1.82) is 0 Å². The standard InChI is InChI=1S/C12H27N3/c1-4-11(13)7-9-14(2)10-12-6-5-8-15(12)3/h11-12H,4-10,13H2,1-3H3. The highest BCUT2D eigenvalue weighted by molar-refractivity contribution is 4.79. The first kappa shape index (κ1) is 12.9. The predicted octanol–water partition coefficient (Wildman–Crippen LogP) is 1.14. The molecule has 0 aromatic heterocycles. The van der Waals surface area contributed by atoms with Gasteiger partial charge in [0.25, 0.3) is 0 Å². The van der Waals surface area contributed by atoms with Crippen LogP contribution in [0.2, 0.25) is 0 Å². The fraction of sp³-hybridized carbons (Fsp3) is 1.00. The summed E-state index contributed by atoms with van der Waals surface area (Å²) >= 11 is 0. The van der Waals surface area contributed by atoms with Crippen LogP contribution >= 0.6 is 0 Å². The van der Waals surface area contributed by atoms with E-state index in [0.717, 1.165) is 25.4 Å². The zero-order valence-corrected chi connectivity index (χ0v) is 10.6. The normalized spacial score (nSPS) is 25.0. The molecule has 3 nitrogen and oxygen atoms in total. The smallest absolute Gasteiger partial charge is 0.0220 e. The van der Waals surface area contributed by atoms with Crippen LogP contribution in [0.1, 0.15) is 32.6 Å². The summed E-state index contributed by atoms with van der Waals surface area (Å²) < 4.78 is 0. The Morgan fingerprint density at radius 2 is 2.27 bits per heavy atom. The molecule has 90 valence electrons. The van der Waals surface area contributed by atoms with E-state index in [0.29, 0.717) is 6.04 Å². The van der Waals surface area contributed by atoms with Crippen LogP contribution in [0.3, 0.4) is 0 Å². The molecule has 0 aromatic rings. The second-order valence-corrected chi connectivity index (χ2v) is 5.00. The van der Waals surface area contributed by atoms with Crippen LogP contribution < -0.4 is 5.73 Å². The molecule has 0 radical (unpaired) electrons. The number of rotatable bonds is 6. The fourth-order valence-corrected chi connectivity index (χ4v) is 2.25. The Balaban J connectivity index is 2.14. The van der Waals surface area contributed by atoms with Crippen molar-refractivity contribution in [3.63, 3.8) is 0 Å². The minimum Gasteiger partial charge on any atom is -0.328 e. The van der Waals surface area contributed by atoms with Crippen LogP contribution in [0.5, 0.6) is 0 Å². The molecule has 1 rings (SSSR count). The molecule has 0 spiro atoms. The zero-order valence-electron chi connectivity index (χ0n) is 10.6. The van der Waals surface area contributed by atoms with Gasteiger partial charge in [-0.1, -0.05) is 6.92 Å². The van der Waals surface area contributed by atoms with E-state index in [4.69, 9.17) is 5.73 Å². The van der Waals surface area contributed by atoms with Crippen molar-refractivity contribution < 1.29 is 0 Å². The van der Waals surface area contributed by atoms with Gasteiger partial charge < -0.3 is 15.5 Å². The van der Waals surface area contributed by atoms with E-state index in [2.05, 4.69) is 30.8 Å². The van der Waals surface area contributed by atoms with E-state index in [9.17, 15) is 0 Å². The minimum absolute atomic E-state index is 0.383. The quantitative estimate of drug-likeness (QED) is 0.718. The monoisotopic (exact) mass is 213 g/mol. The van der Waals surface area contributed by atoms with Crippen LogP contribution in [0.15, 0.2) is 0 Å². The number of nitrogens with two attached hydrogens (primary N) is 1. The SMILES string of the molecule is CCC(N)CCN(C)CC1CCCN1C. The zero-order chi connectivity index (χ0) is 11.3. The third-order valence-electron chi connectivity index (χ3n) is 3.60. The molecule has 1 heterocycles. The molecule has 1 fully saturated rings. The third-order valence-corrected chi connectivity index (χ3v) is 3.60. The molecule has 1 saturated heterocycles. The summed E-state index contributed by atoms with van der Waals surface area (Å²) in [7, 11) is 4.46. The van der Waals surface area contributed by atoms with E-state index in [1.807, 2.05) is 0 Å². The van der Waals surface area contributed by atoms with Crippen molar-refractivity contribution in [2.75, 3.05) is 33.7 Å². The molecule has 0 aliphatic carbocycles. The summed E-state index contributed by atoms with van der Waals surface area (Å²) in [5, 5.41) is 0. The van der Waals surface area contributed by atoms with Gasteiger partial charge in [0.1, 0.15) is 0 Å². The van der Waals surface area contributed by atoms with Gasteiger partial charge in [-0.15, -0.1) is 0 Å². The lowest BCUT2D eigenvalue weighted by molar-refractivity contribution is 0.215. The summed E-state index contributed by atoms with van der Waals surface area (Å²) in [6, 6.07) is 1.15. The highest BCUT2D eigenvalue weighted by Crippen LogP contribution is 2.15. The van der Waals surface area contributed by atoms with Crippen molar-refractivity contribution >= 4 is 0 Å². The van der Waals surface area contributed by atoms with E-state index in [1.54, 1.807) is 0 Å². The summed E-state index contributed by atoms with van der Waals surface area (Å²) in [6.45, 7) is 5.77. The average molecular weight is 213 g/mol. The number of likely N-dealkylation sites (N-methyl/N-ethyl adjacent to an activating group) is 2. The molecule has 2 N–H and O–H groups in total. The van der Waals surface area contributed by atoms with E-state index < -0.39 is 0 Å². The van der Waals surface area contributed by atoms with Gasteiger partial charge in [-0.25, -0.2) is 0 Å². The van der Waals surface area contributed by atoms with Crippen molar-refractivity contribution in [3.8, 4) is 0 Å². The maximum atomic E-state index is 5.92. The first-order chi connectivity index (χ1) is 7.13. The van der Waals surface area contributed by atoms with Crippen LogP contribution in [-0.4, -0.2) is 55.6 Å². The topological polar surface area (TPSA) is 32.5 Å². The third kappa shape index (κ3) is 4.49. The Hall–Kier alpha value is -0.120. The van der Waals surface area contributed by atoms with Gasteiger partial charge in [0.2, 0.25) is 0 Å². The van der Waals surface area contributed by atoms with Gasteiger partial charge in [-0.05, 0) is 52.9 Å². The Morgan fingerprint density at radius 3 is 2.80 bits per heavy atom. The molecule has 15 heavy (non-hydrogen) atoms. The molecule has 1 aliphatic rings. The van der Waals surface area contributed by atoms with E-state index in [1.165, 1.54) is 25.9 Å². The van der Waals surface area contributed by atoms with Gasteiger partial charge >= 0.3 is 0 Å². The number of hydrogen-bond acceptors (Lipinski definition) is 3. The van der Waals surface area contributed by atoms with E-state index in [-0.39, 0.29) is 0 Å². The van der Waals surface area contributed by atoms with Gasteiger partial charge in [-0.3, -0.25) is 0 Å². The fourth-order valence-electron chi connectivity index (χ4n) is 2.25. The molecule has 1 aliphatic heterocycles. The molecule has 2 unspecified atom stereocenters. The first-order valence-electron chi connectivity index (χ1n) is 6.27. The molecular weight excluding hydrogens is 186 g/mol. The maximum absolute atomic E-state index is 5.92. The Morgan fingerprint density at radius 1 is 1.53 bits per heavy atom. The highest BCUT2D eigenvalue weighted by Gasteiger charge is 2.21. The van der Waals surface area contributed by atoms with Gasteiger partial charge in [0.05, 0.1) is 0 Å². The summed E-state index contributed by atoms with van der Waals surface area (Å²) in [5.41, 5.74) is 5.92.